The van der Waals surface area contributed by atoms with Gasteiger partial charge in [0, 0.05) is 5.39 Å². The van der Waals surface area contributed by atoms with Crippen LogP contribution in [0.5, 0.6) is 11.5 Å². The summed E-state index contributed by atoms with van der Waals surface area (Å²) in [6.07, 6.45) is 1.72. The first-order valence-electron chi connectivity index (χ1n) is 10.5. The highest BCUT2D eigenvalue weighted by molar-refractivity contribution is 8.18. The van der Waals surface area contributed by atoms with Crippen molar-refractivity contribution in [2.45, 2.75) is 13.8 Å². The SMILES string of the molecule is CCOC(=O)C1=C(O)/C(=C/c2ccc(O)c(OCC)c2)SC1=Nc1cccc2ccccc12. The number of nitrogens with zero attached hydrogens (tertiary/aromatic N) is 1. The quantitative estimate of drug-likeness (QED) is 0.429. The summed E-state index contributed by atoms with van der Waals surface area (Å²) in [7, 11) is 0. The minimum absolute atomic E-state index is 0.0308. The van der Waals surface area contributed by atoms with E-state index >= 15 is 0 Å². The lowest BCUT2D eigenvalue weighted by Crippen LogP contribution is -2.12. The van der Waals surface area contributed by atoms with Gasteiger partial charge in [-0.3, -0.25) is 0 Å². The molecule has 0 radical (unpaired) electrons. The van der Waals surface area contributed by atoms with Gasteiger partial charge in [0.2, 0.25) is 0 Å². The fourth-order valence-corrected chi connectivity index (χ4v) is 4.48. The van der Waals surface area contributed by atoms with Gasteiger partial charge in [-0.2, -0.15) is 0 Å². The van der Waals surface area contributed by atoms with Crippen molar-refractivity contribution in [3.8, 4) is 11.5 Å². The molecule has 0 saturated heterocycles. The van der Waals surface area contributed by atoms with Crippen LogP contribution in [0.3, 0.4) is 0 Å². The van der Waals surface area contributed by atoms with Gasteiger partial charge in [0.05, 0.1) is 23.8 Å². The van der Waals surface area contributed by atoms with Crippen LogP contribution in [-0.2, 0) is 9.53 Å². The minimum Gasteiger partial charge on any atom is -0.506 e. The van der Waals surface area contributed by atoms with E-state index in [0.717, 1.165) is 10.8 Å². The van der Waals surface area contributed by atoms with Crippen LogP contribution in [0.15, 0.2) is 81.9 Å². The molecule has 3 aromatic rings. The summed E-state index contributed by atoms with van der Waals surface area (Å²) in [6, 6.07) is 18.5. The average Bonchev–Trinajstić information content (AvgIpc) is 3.11. The van der Waals surface area contributed by atoms with Crippen molar-refractivity contribution in [3.63, 3.8) is 0 Å². The fourth-order valence-electron chi connectivity index (χ4n) is 3.45. The van der Waals surface area contributed by atoms with E-state index in [1.54, 1.807) is 25.1 Å². The van der Waals surface area contributed by atoms with Crippen LogP contribution >= 0.6 is 11.8 Å². The number of phenols is 1. The van der Waals surface area contributed by atoms with Gasteiger partial charge in [0.25, 0.3) is 0 Å². The zero-order valence-electron chi connectivity index (χ0n) is 18.2. The van der Waals surface area contributed by atoms with Gasteiger partial charge >= 0.3 is 5.97 Å². The summed E-state index contributed by atoms with van der Waals surface area (Å²) in [5, 5.41) is 23.2. The Labute approximate surface area is 195 Å². The molecule has 0 aliphatic carbocycles. The van der Waals surface area contributed by atoms with Crippen LogP contribution < -0.4 is 4.74 Å². The zero-order valence-corrected chi connectivity index (χ0v) is 19.1. The van der Waals surface area contributed by atoms with Crippen molar-refractivity contribution in [2.24, 2.45) is 4.99 Å². The third-order valence-electron chi connectivity index (χ3n) is 4.94. The third kappa shape index (κ3) is 4.73. The molecule has 0 aromatic heterocycles. The standard InChI is InChI=1S/C26H23NO5S/c1-3-31-21-14-16(12-13-20(21)28)15-22-24(29)23(26(30)32-4-2)25(33-22)27-19-11-7-9-17-8-5-6-10-18(17)19/h5-15,28-29H,3-4H2,1-2H3/b22-15-,27-25?. The van der Waals surface area contributed by atoms with Crippen LogP contribution in [0.2, 0.25) is 0 Å². The first-order chi connectivity index (χ1) is 16.0. The molecule has 2 N–H and O–H groups in total. The molecule has 0 bridgehead atoms. The van der Waals surface area contributed by atoms with Crippen LogP contribution in [0.25, 0.3) is 16.8 Å². The highest BCUT2D eigenvalue weighted by atomic mass is 32.2. The molecule has 33 heavy (non-hydrogen) atoms. The maximum atomic E-state index is 12.7. The summed E-state index contributed by atoms with van der Waals surface area (Å²) in [6.45, 7) is 4.12. The van der Waals surface area contributed by atoms with Gasteiger partial charge in [0.1, 0.15) is 16.4 Å². The predicted molar refractivity (Wildman–Crippen MR) is 132 cm³/mol. The summed E-state index contributed by atoms with van der Waals surface area (Å²) >= 11 is 1.19. The lowest BCUT2D eigenvalue weighted by molar-refractivity contribution is -0.138. The Morgan fingerprint density at radius 2 is 1.82 bits per heavy atom. The largest absolute Gasteiger partial charge is 0.506 e. The number of thioether (sulfide) groups is 1. The van der Waals surface area contributed by atoms with Gasteiger partial charge in [-0.15, -0.1) is 0 Å². The van der Waals surface area contributed by atoms with Gasteiger partial charge in [-0.25, -0.2) is 9.79 Å². The Morgan fingerprint density at radius 1 is 1.03 bits per heavy atom. The van der Waals surface area contributed by atoms with Gasteiger partial charge in [0.15, 0.2) is 11.5 Å². The van der Waals surface area contributed by atoms with Crippen molar-refractivity contribution in [1.82, 2.24) is 0 Å². The number of aliphatic hydroxyl groups is 1. The average molecular weight is 462 g/mol. The number of hydrogen-bond donors (Lipinski definition) is 2. The van der Waals surface area contributed by atoms with Gasteiger partial charge in [-0.05, 0) is 49.1 Å². The highest BCUT2D eigenvalue weighted by Crippen LogP contribution is 2.41. The highest BCUT2D eigenvalue weighted by Gasteiger charge is 2.33. The van der Waals surface area contributed by atoms with Crippen LogP contribution in [-0.4, -0.2) is 34.4 Å². The molecule has 0 saturated carbocycles. The van der Waals surface area contributed by atoms with Crippen molar-refractivity contribution in [2.75, 3.05) is 13.2 Å². The molecule has 0 fully saturated rings. The second-order valence-electron chi connectivity index (χ2n) is 7.13. The molecule has 0 spiro atoms. The molecule has 1 aliphatic heterocycles. The molecule has 6 nitrogen and oxygen atoms in total. The number of fused-ring (bicyclic) bond motifs is 1. The number of ether oxygens (including phenoxy) is 2. The summed E-state index contributed by atoms with van der Waals surface area (Å²) in [4.78, 5) is 17.9. The second kappa shape index (κ2) is 9.83. The van der Waals surface area contributed by atoms with Crippen molar-refractivity contribution >= 4 is 45.3 Å². The Kier molecular flexibility index (Phi) is 6.70. The van der Waals surface area contributed by atoms with E-state index in [1.165, 1.54) is 17.8 Å². The third-order valence-corrected chi connectivity index (χ3v) is 5.96. The van der Waals surface area contributed by atoms with Gasteiger partial charge < -0.3 is 19.7 Å². The van der Waals surface area contributed by atoms with E-state index in [-0.39, 0.29) is 23.7 Å². The van der Waals surface area contributed by atoms with Crippen LogP contribution in [0.1, 0.15) is 19.4 Å². The number of aromatic hydroxyl groups is 1. The van der Waals surface area contributed by atoms with E-state index in [2.05, 4.69) is 0 Å². The normalized spacial score (nSPS) is 16.1. The molecular formula is C26H23NO5S. The zero-order chi connectivity index (χ0) is 23.4. The lowest BCUT2D eigenvalue weighted by Gasteiger charge is -2.07. The van der Waals surface area contributed by atoms with Crippen molar-refractivity contribution in [1.29, 1.82) is 0 Å². The minimum atomic E-state index is -0.634. The monoisotopic (exact) mass is 461 g/mol. The Bertz CT molecular complexity index is 1300. The van der Waals surface area contributed by atoms with E-state index in [4.69, 9.17) is 14.5 Å². The van der Waals surface area contributed by atoms with Crippen molar-refractivity contribution in [3.05, 3.63) is 82.5 Å². The number of hydrogen-bond acceptors (Lipinski definition) is 7. The number of carbonyl (C=O) groups excluding carboxylic acids is 1. The predicted octanol–water partition coefficient (Wildman–Crippen LogP) is 6.14. The van der Waals surface area contributed by atoms with E-state index < -0.39 is 5.97 Å². The number of esters is 1. The molecule has 0 atom stereocenters. The summed E-state index contributed by atoms with van der Waals surface area (Å²) < 4.78 is 10.6. The number of benzene rings is 3. The van der Waals surface area contributed by atoms with E-state index in [9.17, 15) is 15.0 Å². The number of aliphatic imine (C=N–C) groups is 1. The first-order valence-corrected chi connectivity index (χ1v) is 11.4. The summed E-state index contributed by atoms with van der Waals surface area (Å²) in [5.74, 6) is -0.453. The van der Waals surface area contributed by atoms with Gasteiger partial charge in [-0.1, -0.05) is 54.2 Å². The number of carbonyl (C=O) groups is 1. The van der Waals surface area contributed by atoms with Crippen molar-refractivity contribution < 1.29 is 24.5 Å². The fraction of sp³-hybridized carbons (Fsp3) is 0.154. The molecule has 1 heterocycles. The molecule has 0 unspecified atom stereocenters. The molecule has 4 rings (SSSR count). The van der Waals surface area contributed by atoms with Crippen LogP contribution in [0, 0.1) is 0 Å². The smallest absolute Gasteiger partial charge is 0.344 e. The summed E-state index contributed by atoms with van der Waals surface area (Å²) in [5.41, 5.74) is 1.42. The number of aliphatic hydroxyl groups excluding tert-OH is 1. The molecule has 1 aliphatic rings. The molecule has 7 heteroatoms. The Morgan fingerprint density at radius 3 is 2.61 bits per heavy atom. The number of phenolic OH excluding ortho intramolecular Hbond substituents is 1. The topological polar surface area (TPSA) is 88.4 Å². The van der Waals surface area contributed by atoms with E-state index in [0.29, 0.717) is 33.6 Å². The van der Waals surface area contributed by atoms with E-state index in [1.807, 2.05) is 49.4 Å². The molecular weight excluding hydrogens is 438 g/mol. The first kappa shape index (κ1) is 22.5. The maximum Gasteiger partial charge on any atom is 0.344 e. The second-order valence-corrected chi connectivity index (χ2v) is 8.16. The number of rotatable bonds is 6. The molecule has 3 aromatic carbocycles. The van der Waals surface area contributed by atoms with Crippen LogP contribution in [0.4, 0.5) is 5.69 Å². The molecule has 0 amide bonds. The maximum absolute atomic E-state index is 12.7. The Balaban J connectivity index is 1.79. The lowest BCUT2D eigenvalue weighted by atomic mass is 10.1. The molecule has 168 valence electrons. The Hall–Kier alpha value is -3.71.